The highest BCUT2D eigenvalue weighted by Gasteiger charge is 2.39. The van der Waals surface area contributed by atoms with Gasteiger partial charge in [0.05, 0.1) is 4.92 Å². The Morgan fingerprint density at radius 2 is 2.25 bits per heavy atom. The summed E-state index contributed by atoms with van der Waals surface area (Å²) in [7, 11) is 0. The van der Waals surface area contributed by atoms with Crippen LogP contribution in [0.15, 0.2) is 0 Å². The molecule has 7 heteroatoms. The molecule has 20 heavy (non-hydrogen) atoms. The van der Waals surface area contributed by atoms with E-state index >= 15 is 0 Å². The van der Waals surface area contributed by atoms with E-state index in [2.05, 4.69) is 15.3 Å². The minimum absolute atomic E-state index is 0.128. The van der Waals surface area contributed by atoms with Gasteiger partial charge in [0, 0.05) is 25.2 Å². The van der Waals surface area contributed by atoms with Gasteiger partial charge in [-0.1, -0.05) is 0 Å². The van der Waals surface area contributed by atoms with Gasteiger partial charge in [0.2, 0.25) is 5.82 Å². The summed E-state index contributed by atoms with van der Waals surface area (Å²) in [5.74, 6) is 0.578. The van der Waals surface area contributed by atoms with Gasteiger partial charge in [-0.2, -0.15) is 5.10 Å². The Bertz CT molecular complexity index is 527. The van der Waals surface area contributed by atoms with Gasteiger partial charge in [-0.05, 0) is 39.7 Å². The van der Waals surface area contributed by atoms with Crippen molar-refractivity contribution in [2.75, 3.05) is 18.4 Å². The Kier molecular flexibility index (Phi) is 3.37. The lowest BCUT2D eigenvalue weighted by molar-refractivity contribution is -0.384. The molecule has 2 saturated heterocycles. The number of aryl methyl sites for hydroxylation is 2. The van der Waals surface area contributed by atoms with Gasteiger partial charge in [0.15, 0.2) is 0 Å². The first kappa shape index (κ1) is 13.4. The number of rotatable bonds is 4. The van der Waals surface area contributed by atoms with Crippen molar-refractivity contribution < 1.29 is 4.92 Å². The zero-order chi connectivity index (χ0) is 14.3. The molecule has 2 aliphatic heterocycles. The minimum Gasteiger partial charge on any atom is -0.360 e. The molecule has 2 aliphatic rings. The van der Waals surface area contributed by atoms with Gasteiger partial charge in [0.25, 0.3) is 0 Å². The quantitative estimate of drug-likeness (QED) is 0.671. The number of aromatic nitrogens is 2. The van der Waals surface area contributed by atoms with Gasteiger partial charge in [-0.15, -0.1) is 0 Å². The molecule has 0 aromatic carbocycles. The maximum absolute atomic E-state index is 11.3. The fraction of sp³-hybridized carbons (Fsp3) is 0.769. The predicted molar refractivity (Wildman–Crippen MR) is 75.9 cm³/mol. The Morgan fingerprint density at radius 1 is 1.45 bits per heavy atom. The molecule has 3 heterocycles. The summed E-state index contributed by atoms with van der Waals surface area (Å²) in [6, 6.07) is 0.827. The van der Waals surface area contributed by atoms with Crippen molar-refractivity contribution in [3.8, 4) is 0 Å². The Balaban J connectivity index is 1.88. The zero-order valence-electron chi connectivity index (χ0n) is 12.0. The molecule has 0 amide bonds. The first-order valence-corrected chi connectivity index (χ1v) is 7.34. The highest BCUT2D eigenvalue weighted by atomic mass is 16.6. The second kappa shape index (κ2) is 5.05. The lowest BCUT2D eigenvalue weighted by atomic mass is 10.1. The summed E-state index contributed by atoms with van der Waals surface area (Å²) in [6.45, 7) is 6.55. The number of fused-ring (bicyclic) bond motifs is 1. The van der Waals surface area contributed by atoms with Crippen LogP contribution in [-0.4, -0.2) is 44.8 Å². The molecule has 7 nitrogen and oxygen atoms in total. The largest absolute Gasteiger partial charge is 0.360 e. The van der Waals surface area contributed by atoms with Crippen molar-refractivity contribution in [2.45, 2.75) is 51.7 Å². The summed E-state index contributed by atoms with van der Waals surface area (Å²) >= 11 is 0. The van der Waals surface area contributed by atoms with Crippen LogP contribution in [0, 0.1) is 17.0 Å². The summed E-state index contributed by atoms with van der Waals surface area (Å²) in [6.07, 6.45) is 3.47. The van der Waals surface area contributed by atoms with Crippen molar-refractivity contribution in [1.29, 1.82) is 0 Å². The molecule has 0 bridgehead atoms. The molecule has 1 N–H and O–H groups in total. The van der Waals surface area contributed by atoms with Crippen molar-refractivity contribution in [1.82, 2.24) is 14.7 Å². The van der Waals surface area contributed by atoms with E-state index in [0.717, 1.165) is 19.5 Å². The molecule has 0 aliphatic carbocycles. The highest BCUT2D eigenvalue weighted by Crippen LogP contribution is 2.34. The summed E-state index contributed by atoms with van der Waals surface area (Å²) in [4.78, 5) is 13.4. The fourth-order valence-electron chi connectivity index (χ4n) is 3.59. The van der Waals surface area contributed by atoms with Crippen molar-refractivity contribution in [2.24, 2.45) is 0 Å². The van der Waals surface area contributed by atoms with E-state index in [9.17, 15) is 10.1 Å². The third kappa shape index (κ3) is 2.06. The normalized spacial score (nSPS) is 25.9. The Hall–Kier alpha value is -1.63. The topological polar surface area (TPSA) is 76.2 Å². The first-order valence-electron chi connectivity index (χ1n) is 7.34. The Morgan fingerprint density at radius 3 is 2.95 bits per heavy atom. The van der Waals surface area contributed by atoms with Crippen LogP contribution in [0.3, 0.4) is 0 Å². The van der Waals surface area contributed by atoms with Crippen LogP contribution in [0.25, 0.3) is 0 Å². The SMILES string of the molecule is CCn1nc(C)c([N+](=O)[O-])c1NC1CCN2CCCC12. The lowest BCUT2D eigenvalue weighted by Crippen LogP contribution is -2.34. The van der Waals surface area contributed by atoms with E-state index in [1.54, 1.807) is 11.6 Å². The van der Waals surface area contributed by atoms with Crippen LogP contribution in [0.5, 0.6) is 0 Å². The summed E-state index contributed by atoms with van der Waals surface area (Å²) < 4.78 is 1.71. The molecular formula is C13H21N5O2. The second-order valence-electron chi connectivity index (χ2n) is 5.64. The number of hydrogen-bond donors (Lipinski definition) is 1. The van der Waals surface area contributed by atoms with Crippen LogP contribution >= 0.6 is 0 Å². The van der Waals surface area contributed by atoms with E-state index < -0.39 is 0 Å². The second-order valence-corrected chi connectivity index (χ2v) is 5.64. The predicted octanol–water partition coefficient (Wildman–Crippen LogP) is 1.77. The van der Waals surface area contributed by atoms with Crippen LogP contribution in [0.4, 0.5) is 11.5 Å². The van der Waals surface area contributed by atoms with Crippen LogP contribution in [0.1, 0.15) is 31.9 Å². The number of nitrogens with zero attached hydrogens (tertiary/aromatic N) is 4. The molecule has 0 radical (unpaired) electrons. The number of hydrogen-bond acceptors (Lipinski definition) is 5. The molecule has 3 rings (SSSR count). The molecule has 1 aromatic rings. The molecule has 2 atom stereocenters. The van der Waals surface area contributed by atoms with Crippen LogP contribution in [0.2, 0.25) is 0 Å². The number of nitrogens with one attached hydrogen (secondary N) is 1. The summed E-state index contributed by atoms with van der Waals surface area (Å²) in [5.41, 5.74) is 0.615. The van der Waals surface area contributed by atoms with E-state index in [1.165, 1.54) is 12.8 Å². The Labute approximate surface area is 118 Å². The average molecular weight is 279 g/mol. The molecule has 2 unspecified atom stereocenters. The number of nitro groups is 1. The highest BCUT2D eigenvalue weighted by molar-refractivity contribution is 5.60. The molecule has 0 spiro atoms. The molecule has 1 aromatic heterocycles. The fourth-order valence-corrected chi connectivity index (χ4v) is 3.59. The first-order chi connectivity index (χ1) is 9.61. The van der Waals surface area contributed by atoms with E-state index in [0.29, 0.717) is 30.1 Å². The maximum atomic E-state index is 11.3. The summed E-state index contributed by atoms with van der Waals surface area (Å²) in [5, 5.41) is 19.0. The maximum Gasteiger partial charge on any atom is 0.333 e. The third-order valence-corrected chi connectivity index (χ3v) is 4.51. The molecule has 110 valence electrons. The van der Waals surface area contributed by atoms with Gasteiger partial charge in [0.1, 0.15) is 5.69 Å². The zero-order valence-corrected chi connectivity index (χ0v) is 12.0. The van der Waals surface area contributed by atoms with Crippen molar-refractivity contribution in [3.63, 3.8) is 0 Å². The van der Waals surface area contributed by atoms with Gasteiger partial charge in [-0.3, -0.25) is 15.0 Å². The smallest absolute Gasteiger partial charge is 0.333 e. The molecular weight excluding hydrogens is 258 g/mol. The number of anilines is 1. The van der Waals surface area contributed by atoms with Gasteiger partial charge in [-0.25, -0.2) is 4.68 Å². The van der Waals surface area contributed by atoms with Gasteiger partial charge >= 0.3 is 5.69 Å². The average Bonchev–Trinajstić information content (AvgIpc) is 3.05. The third-order valence-electron chi connectivity index (χ3n) is 4.51. The standard InChI is InChI=1S/C13H21N5O2/c1-3-17-13(12(18(19)20)9(2)15-17)14-10-6-8-16-7-4-5-11(10)16/h10-11,14H,3-8H2,1-2H3. The molecule has 2 fully saturated rings. The van der Waals surface area contributed by atoms with Crippen molar-refractivity contribution >= 4 is 11.5 Å². The van der Waals surface area contributed by atoms with E-state index in [-0.39, 0.29) is 10.6 Å². The van der Waals surface area contributed by atoms with Crippen LogP contribution < -0.4 is 5.32 Å². The molecule has 0 saturated carbocycles. The van der Waals surface area contributed by atoms with E-state index in [1.807, 2.05) is 6.92 Å². The lowest BCUT2D eigenvalue weighted by Gasteiger charge is -2.22. The minimum atomic E-state index is -0.321. The van der Waals surface area contributed by atoms with E-state index in [4.69, 9.17) is 0 Å². The van der Waals surface area contributed by atoms with Crippen molar-refractivity contribution in [3.05, 3.63) is 15.8 Å². The monoisotopic (exact) mass is 279 g/mol. The van der Waals surface area contributed by atoms with Crippen LogP contribution in [-0.2, 0) is 6.54 Å². The van der Waals surface area contributed by atoms with Gasteiger partial charge < -0.3 is 5.32 Å².